The molecular weight excluding hydrogens is 214 g/mol. The number of rotatable bonds is 4. The molecule has 0 radical (unpaired) electrons. The first-order valence-electron chi connectivity index (χ1n) is 5.94. The van der Waals surface area contributed by atoms with Gasteiger partial charge in [-0.1, -0.05) is 12.1 Å². The van der Waals surface area contributed by atoms with Crippen LogP contribution in [-0.2, 0) is 4.74 Å². The summed E-state index contributed by atoms with van der Waals surface area (Å²) in [5.41, 5.74) is 1.56. The first kappa shape index (κ1) is 13.6. The van der Waals surface area contributed by atoms with E-state index >= 15 is 0 Å². The molecule has 0 heterocycles. The second-order valence-corrected chi connectivity index (χ2v) is 4.60. The molecule has 0 bridgehead atoms. The standard InChI is InChI=1S/C14H21NO2/c1-10(2)15(11(3)4)13-9-7-6-8-12(13)14(16)17-5/h6-11H,1-5H3. The summed E-state index contributed by atoms with van der Waals surface area (Å²) < 4.78 is 4.82. The van der Waals surface area contributed by atoms with Crippen molar-refractivity contribution in [1.29, 1.82) is 0 Å². The largest absolute Gasteiger partial charge is 0.465 e. The number of hydrogen-bond donors (Lipinski definition) is 0. The quantitative estimate of drug-likeness (QED) is 0.751. The van der Waals surface area contributed by atoms with E-state index in [-0.39, 0.29) is 5.97 Å². The molecule has 0 aliphatic carbocycles. The summed E-state index contributed by atoms with van der Waals surface area (Å²) in [6, 6.07) is 8.24. The van der Waals surface area contributed by atoms with E-state index in [9.17, 15) is 4.79 Å². The molecule has 0 unspecified atom stereocenters. The van der Waals surface area contributed by atoms with Gasteiger partial charge in [0.15, 0.2) is 0 Å². The van der Waals surface area contributed by atoms with Crippen LogP contribution in [0.3, 0.4) is 0 Å². The molecule has 0 N–H and O–H groups in total. The van der Waals surface area contributed by atoms with E-state index in [0.717, 1.165) is 5.69 Å². The molecule has 0 aliphatic rings. The number of benzene rings is 1. The number of nitrogens with zero attached hydrogens (tertiary/aromatic N) is 1. The van der Waals surface area contributed by atoms with Gasteiger partial charge in [0.2, 0.25) is 0 Å². The minimum atomic E-state index is -0.285. The van der Waals surface area contributed by atoms with Crippen LogP contribution in [-0.4, -0.2) is 25.2 Å². The Hall–Kier alpha value is -1.51. The average molecular weight is 235 g/mol. The zero-order chi connectivity index (χ0) is 13.0. The van der Waals surface area contributed by atoms with E-state index in [1.54, 1.807) is 6.07 Å². The van der Waals surface area contributed by atoms with Gasteiger partial charge in [-0.05, 0) is 39.8 Å². The monoisotopic (exact) mass is 235 g/mol. The van der Waals surface area contributed by atoms with Gasteiger partial charge in [-0.3, -0.25) is 0 Å². The van der Waals surface area contributed by atoms with Crippen molar-refractivity contribution in [2.24, 2.45) is 0 Å². The summed E-state index contributed by atoms with van der Waals surface area (Å²) >= 11 is 0. The minimum absolute atomic E-state index is 0.285. The highest BCUT2D eigenvalue weighted by Crippen LogP contribution is 2.25. The molecule has 3 heteroatoms. The van der Waals surface area contributed by atoms with Crippen molar-refractivity contribution in [1.82, 2.24) is 0 Å². The van der Waals surface area contributed by atoms with Crippen LogP contribution in [0.4, 0.5) is 5.69 Å². The van der Waals surface area contributed by atoms with Gasteiger partial charge in [-0.2, -0.15) is 0 Å². The minimum Gasteiger partial charge on any atom is -0.465 e. The van der Waals surface area contributed by atoms with Gasteiger partial charge in [-0.25, -0.2) is 4.79 Å². The van der Waals surface area contributed by atoms with E-state index in [4.69, 9.17) is 4.74 Å². The van der Waals surface area contributed by atoms with Gasteiger partial charge in [-0.15, -0.1) is 0 Å². The zero-order valence-corrected chi connectivity index (χ0v) is 11.2. The van der Waals surface area contributed by atoms with Crippen molar-refractivity contribution in [2.45, 2.75) is 39.8 Å². The van der Waals surface area contributed by atoms with Gasteiger partial charge in [0.25, 0.3) is 0 Å². The van der Waals surface area contributed by atoms with E-state index in [2.05, 4.69) is 32.6 Å². The Kier molecular flexibility index (Phi) is 4.55. The Morgan fingerprint density at radius 3 is 2.12 bits per heavy atom. The molecule has 1 aromatic rings. The molecule has 3 nitrogen and oxygen atoms in total. The van der Waals surface area contributed by atoms with E-state index in [1.807, 2.05) is 18.2 Å². The first-order chi connectivity index (χ1) is 7.99. The molecule has 0 saturated heterocycles. The van der Waals surface area contributed by atoms with Gasteiger partial charge in [0, 0.05) is 12.1 Å². The smallest absolute Gasteiger partial charge is 0.339 e. The van der Waals surface area contributed by atoms with Crippen molar-refractivity contribution in [2.75, 3.05) is 12.0 Å². The predicted molar refractivity (Wildman–Crippen MR) is 70.5 cm³/mol. The van der Waals surface area contributed by atoms with Crippen LogP contribution < -0.4 is 4.90 Å². The molecule has 0 fully saturated rings. The number of methoxy groups -OCH3 is 1. The lowest BCUT2D eigenvalue weighted by Crippen LogP contribution is -2.38. The van der Waals surface area contributed by atoms with Gasteiger partial charge >= 0.3 is 5.97 Å². The SMILES string of the molecule is COC(=O)c1ccccc1N(C(C)C)C(C)C. The van der Waals surface area contributed by atoms with Crippen LogP contribution in [0.15, 0.2) is 24.3 Å². The van der Waals surface area contributed by atoms with Crippen LogP contribution in [0.2, 0.25) is 0 Å². The summed E-state index contributed by atoms with van der Waals surface area (Å²) in [5.74, 6) is -0.285. The first-order valence-corrected chi connectivity index (χ1v) is 5.94. The lowest BCUT2D eigenvalue weighted by Gasteiger charge is -2.34. The highest BCUT2D eigenvalue weighted by Gasteiger charge is 2.20. The number of para-hydroxylation sites is 1. The van der Waals surface area contributed by atoms with Crippen LogP contribution in [0.5, 0.6) is 0 Å². The van der Waals surface area contributed by atoms with Crippen LogP contribution in [0.1, 0.15) is 38.1 Å². The summed E-state index contributed by atoms with van der Waals surface area (Å²) in [5, 5.41) is 0. The maximum absolute atomic E-state index is 11.7. The number of ether oxygens (including phenoxy) is 1. The molecular formula is C14H21NO2. The number of carbonyl (C=O) groups excluding carboxylic acids is 1. The fraction of sp³-hybridized carbons (Fsp3) is 0.500. The average Bonchev–Trinajstić information content (AvgIpc) is 2.28. The Bertz CT molecular complexity index is 378. The summed E-state index contributed by atoms with van der Waals surface area (Å²) in [6.07, 6.45) is 0. The molecule has 0 aliphatic heterocycles. The fourth-order valence-electron chi connectivity index (χ4n) is 2.13. The Morgan fingerprint density at radius 1 is 1.12 bits per heavy atom. The Balaban J connectivity index is 3.23. The van der Waals surface area contributed by atoms with Crippen molar-refractivity contribution < 1.29 is 9.53 Å². The van der Waals surface area contributed by atoms with Gasteiger partial charge in [0.1, 0.15) is 0 Å². The van der Waals surface area contributed by atoms with Crippen LogP contribution in [0, 0.1) is 0 Å². The maximum atomic E-state index is 11.7. The number of hydrogen-bond acceptors (Lipinski definition) is 3. The third-order valence-corrected chi connectivity index (χ3v) is 2.70. The van der Waals surface area contributed by atoms with Gasteiger partial charge < -0.3 is 9.64 Å². The summed E-state index contributed by atoms with van der Waals surface area (Å²) in [7, 11) is 1.41. The van der Waals surface area contributed by atoms with Crippen molar-refractivity contribution in [3.05, 3.63) is 29.8 Å². The third kappa shape index (κ3) is 2.99. The second-order valence-electron chi connectivity index (χ2n) is 4.60. The topological polar surface area (TPSA) is 29.5 Å². The molecule has 0 atom stereocenters. The molecule has 0 aromatic heterocycles. The highest BCUT2D eigenvalue weighted by atomic mass is 16.5. The molecule has 0 spiro atoms. The molecule has 94 valence electrons. The normalized spacial score (nSPS) is 10.8. The molecule has 1 aromatic carbocycles. The number of esters is 1. The van der Waals surface area contributed by atoms with Crippen molar-refractivity contribution in [3.63, 3.8) is 0 Å². The third-order valence-electron chi connectivity index (χ3n) is 2.70. The van der Waals surface area contributed by atoms with E-state index in [1.165, 1.54) is 7.11 Å². The Labute approximate surface area is 103 Å². The molecule has 1 rings (SSSR count). The summed E-state index contributed by atoms with van der Waals surface area (Å²) in [6.45, 7) is 8.48. The zero-order valence-electron chi connectivity index (χ0n) is 11.2. The maximum Gasteiger partial charge on any atom is 0.339 e. The molecule has 0 amide bonds. The van der Waals surface area contributed by atoms with Crippen LogP contribution in [0.25, 0.3) is 0 Å². The van der Waals surface area contributed by atoms with Crippen molar-refractivity contribution >= 4 is 11.7 Å². The number of anilines is 1. The lowest BCUT2D eigenvalue weighted by atomic mass is 10.1. The fourth-order valence-corrected chi connectivity index (χ4v) is 2.13. The highest BCUT2D eigenvalue weighted by molar-refractivity contribution is 5.95. The molecule has 17 heavy (non-hydrogen) atoms. The van der Waals surface area contributed by atoms with Gasteiger partial charge in [0.05, 0.1) is 18.4 Å². The Morgan fingerprint density at radius 2 is 1.65 bits per heavy atom. The number of carbonyl (C=O) groups is 1. The predicted octanol–water partition coefficient (Wildman–Crippen LogP) is 3.10. The van der Waals surface area contributed by atoms with Crippen molar-refractivity contribution in [3.8, 4) is 0 Å². The summed E-state index contributed by atoms with van der Waals surface area (Å²) in [4.78, 5) is 13.9. The van der Waals surface area contributed by atoms with E-state index in [0.29, 0.717) is 17.6 Å². The van der Waals surface area contributed by atoms with Crippen LogP contribution >= 0.6 is 0 Å². The van der Waals surface area contributed by atoms with E-state index < -0.39 is 0 Å². The second kappa shape index (κ2) is 5.71. The molecule has 0 saturated carbocycles. The lowest BCUT2D eigenvalue weighted by molar-refractivity contribution is 0.0601.